The van der Waals surface area contributed by atoms with Gasteiger partial charge in [0.25, 0.3) is 11.6 Å². The first-order valence-corrected chi connectivity index (χ1v) is 11.1. The van der Waals surface area contributed by atoms with Crippen LogP contribution in [0.5, 0.6) is 0 Å². The summed E-state index contributed by atoms with van der Waals surface area (Å²) in [5.74, 6) is -0.0706. The summed E-state index contributed by atoms with van der Waals surface area (Å²) in [5, 5.41) is 11.1. The molecule has 0 fully saturated rings. The van der Waals surface area contributed by atoms with Crippen molar-refractivity contribution in [2.24, 2.45) is 0 Å². The maximum absolute atomic E-state index is 13.4. The number of non-ortho nitro benzene ring substituents is 1. The van der Waals surface area contributed by atoms with E-state index in [4.69, 9.17) is 0 Å². The second-order valence-electron chi connectivity index (χ2n) is 9.56. The summed E-state index contributed by atoms with van der Waals surface area (Å²) in [6.07, 6.45) is 4.17. The number of aryl methyl sites for hydroxylation is 1. The third kappa shape index (κ3) is 4.19. The molecule has 1 amide bonds. The molecular formula is C28H28N2O3. The van der Waals surface area contributed by atoms with Gasteiger partial charge >= 0.3 is 0 Å². The first kappa shape index (κ1) is 22.5. The van der Waals surface area contributed by atoms with E-state index in [0.717, 1.165) is 22.4 Å². The van der Waals surface area contributed by atoms with Crippen LogP contribution in [0.2, 0.25) is 0 Å². The second-order valence-corrected chi connectivity index (χ2v) is 9.56. The zero-order valence-electron chi connectivity index (χ0n) is 19.4. The van der Waals surface area contributed by atoms with Crippen LogP contribution in [0.3, 0.4) is 0 Å². The Morgan fingerprint density at radius 2 is 1.61 bits per heavy atom. The van der Waals surface area contributed by atoms with Crippen LogP contribution in [0.4, 0.5) is 11.4 Å². The van der Waals surface area contributed by atoms with Gasteiger partial charge < -0.3 is 4.90 Å². The molecule has 168 valence electrons. The minimum atomic E-state index is -0.473. The Hall–Kier alpha value is -3.73. The number of amides is 1. The number of carbonyl (C=O) groups excluding carboxylic acids is 1. The van der Waals surface area contributed by atoms with Crippen LogP contribution >= 0.6 is 0 Å². The van der Waals surface area contributed by atoms with Crippen molar-refractivity contribution in [2.75, 3.05) is 4.90 Å². The number of benzene rings is 3. The van der Waals surface area contributed by atoms with Crippen molar-refractivity contribution in [3.8, 4) is 0 Å². The Morgan fingerprint density at radius 1 is 0.970 bits per heavy atom. The van der Waals surface area contributed by atoms with Crippen molar-refractivity contribution in [1.82, 2.24) is 0 Å². The molecule has 0 bridgehead atoms. The molecular weight excluding hydrogens is 412 g/mol. The lowest BCUT2D eigenvalue weighted by Crippen LogP contribution is -2.55. The van der Waals surface area contributed by atoms with Gasteiger partial charge in [-0.15, -0.1) is 0 Å². The molecule has 33 heavy (non-hydrogen) atoms. The van der Waals surface area contributed by atoms with E-state index in [2.05, 4.69) is 26.8 Å². The largest absolute Gasteiger partial charge is 0.303 e. The van der Waals surface area contributed by atoms with Gasteiger partial charge in [0.1, 0.15) is 0 Å². The molecule has 1 aliphatic rings. The van der Waals surface area contributed by atoms with Gasteiger partial charge in [-0.2, -0.15) is 0 Å². The second kappa shape index (κ2) is 8.32. The first-order chi connectivity index (χ1) is 15.6. The van der Waals surface area contributed by atoms with Crippen molar-refractivity contribution < 1.29 is 9.72 Å². The summed E-state index contributed by atoms with van der Waals surface area (Å²) in [6, 6.07) is 22.8. The number of para-hydroxylation sites is 1. The number of carbonyl (C=O) groups is 1. The fourth-order valence-electron chi connectivity index (χ4n) is 5.05. The molecule has 1 heterocycles. The first-order valence-electron chi connectivity index (χ1n) is 11.1. The molecule has 4 rings (SSSR count). The maximum atomic E-state index is 13.4. The number of hydrogen-bond acceptors (Lipinski definition) is 3. The number of nitro groups is 1. The molecule has 0 N–H and O–H groups in total. The van der Waals surface area contributed by atoms with Gasteiger partial charge in [-0.1, -0.05) is 67.1 Å². The van der Waals surface area contributed by atoms with E-state index >= 15 is 0 Å². The fraction of sp³-hybridized carbons (Fsp3) is 0.250. The van der Waals surface area contributed by atoms with Gasteiger partial charge in [0, 0.05) is 34.9 Å². The number of fused-ring (bicyclic) bond motifs is 1. The van der Waals surface area contributed by atoms with E-state index in [1.165, 1.54) is 5.56 Å². The number of nitrogens with zero attached hydrogens (tertiary/aromatic N) is 2. The molecule has 0 radical (unpaired) electrons. The molecule has 1 atom stereocenters. The molecule has 5 nitrogen and oxygen atoms in total. The topological polar surface area (TPSA) is 63.5 Å². The molecule has 5 heteroatoms. The van der Waals surface area contributed by atoms with Gasteiger partial charge in [0.05, 0.1) is 4.92 Å². The molecule has 0 aliphatic carbocycles. The van der Waals surface area contributed by atoms with Crippen LogP contribution < -0.4 is 4.90 Å². The number of rotatable bonds is 4. The lowest BCUT2D eigenvalue weighted by atomic mass is 9.65. The molecule has 0 saturated heterocycles. The standard InChI is InChI=1S/C28H28N2O3/c1-20-9-11-21(12-10-20)13-18-26(31)29-25-8-6-5-7-24(25)28(4,19-27(29,2)3)22-14-16-23(17-15-22)30(32)33/h5-18H,19H2,1-4H3/b18-13+/t28-/m1/s1. The van der Waals surface area contributed by atoms with Crippen LogP contribution in [-0.4, -0.2) is 16.4 Å². The molecule has 0 spiro atoms. The Labute approximate surface area is 194 Å². The van der Waals surface area contributed by atoms with Crippen LogP contribution in [-0.2, 0) is 10.2 Å². The van der Waals surface area contributed by atoms with Gasteiger partial charge in [0.15, 0.2) is 0 Å². The average molecular weight is 441 g/mol. The summed E-state index contributed by atoms with van der Waals surface area (Å²) in [6.45, 7) is 8.33. The third-order valence-electron chi connectivity index (χ3n) is 6.56. The summed E-state index contributed by atoms with van der Waals surface area (Å²) < 4.78 is 0. The Morgan fingerprint density at radius 3 is 2.24 bits per heavy atom. The van der Waals surface area contributed by atoms with Crippen LogP contribution in [0, 0.1) is 17.0 Å². The Kier molecular flexibility index (Phi) is 5.66. The maximum Gasteiger partial charge on any atom is 0.269 e. The van der Waals surface area contributed by atoms with E-state index in [-0.39, 0.29) is 16.5 Å². The fourth-order valence-corrected chi connectivity index (χ4v) is 5.05. The average Bonchev–Trinajstić information content (AvgIpc) is 2.78. The summed E-state index contributed by atoms with van der Waals surface area (Å²) in [4.78, 5) is 26.1. The van der Waals surface area contributed by atoms with Crippen LogP contribution in [0.25, 0.3) is 6.08 Å². The van der Waals surface area contributed by atoms with Crippen molar-refractivity contribution in [1.29, 1.82) is 0 Å². The SMILES string of the molecule is Cc1ccc(/C=C/C(=O)N2c3ccccc3[C@@](C)(c3ccc([N+](=O)[O-])cc3)CC2(C)C)cc1. The zero-order chi connectivity index (χ0) is 23.8. The molecule has 3 aromatic carbocycles. The minimum Gasteiger partial charge on any atom is -0.303 e. The molecule has 0 unspecified atom stereocenters. The van der Waals surface area contributed by atoms with Gasteiger partial charge in [-0.3, -0.25) is 14.9 Å². The predicted octanol–water partition coefficient (Wildman–Crippen LogP) is 6.44. The van der Waals surface area contributed by atoms with Crippen molar-refractivity contribution >= 4 is 23.4 Å². The van der Waals surface area contributed by atoms with Crippen molar-refractivity contribution in [3.05, 3.63) is 111 Å². The van der Waals surface area contributed by atoms with Crippen LogP contribution in [0.15, 0.2) is 78.9 Å². The van der Waals surface area contributed by atoms with E-state index < -0.39 is 11.0 Å². The monoisotopic (exact) mass is 440 g/mol. The van der Waals surface area contributed by atoms with E-state index in [1.807, 2.05) is 72.5 Å². The lowest BCUT2D eigenvalue weighted by Gasteiger charge is -2.51. The van der Waals surface area contributed by atoms with Gasteiger partial charge in [-0.25, -0.2) is 0 Å². The molecule has 0 aromatic heterocycles. The summed E-state index contributed by atoms with van der Waals surface area (Å²) >= 11 is 0. The lowest BCUT2D eigenvalue weighted by molar-refractivity contribution is -0.384. The zero-order valence-corrected chi connectivity index (χ0v) is 19.4. The molecule has 0 saturated carbocycles. The minimum absolute atomic E-state index is 0.0706. The highest BCUT2D eigenvalue weighted by atomic mass is 16.6. The quantitative estimate of drug-likeness (QED) is 0.266. The Bertz CT molecular complexity index is 1230. The third-order valence-corrected chi connectivity index (χ3v) is 6.56. The Balaban J connectivity index is 1.75. The van der Waals surface area contributed by atoms with Gasteiger partial charge in [0.2, 0.25) is 0 Å². The van der Waals surface area contributed by atoms with E-state index in [0.29, 0.717) is 6.42 Å². The van der Waals surface area contributed by atoms with Crippen molar-refractivity contribution in [2.45, 2.75) is 45.1 Å². The summed E-state index contributed by atoms with van der Waals surface area (Å²) in [7, 11) is 0. The highest BCUT2D eigenvalue weighted by Crippen LogP contribution is 2.50. The number of hydrogen-bond donors (Lipinski definition) is 0. The summed E-state index contributed by atoms with van der Waals surface area (Å²) in [5.41, 5.74) is 4.26. The van der Waals surface area contributed by atoms with Gasteiger partial charge in [-0.05, 0) is 56.0 Å². The van der Waals surface area contributed by atoms with E-state index in [1.54, 1.807) is 18.2 Å². The highest BCUT2D eigenvalue weighted by molar-refractivity contribution is 6.06. The van der Waals surface area contributed by atoms with Crippen LogP contribution in [0.1, 0.15) is 49.4 Å². The molecule has 3 aromatic rings. The van der Waals surface area contributed by atoms with E-state index in [9.17, 15) is 14.9 Å². The van der Waals surface area contributed by atoms with Crippen molar-refractivity contribution in [3.63, 3.8) is 0 Å². The number of nitro benzene ring substituents is 1. The smallest absolute Gasteiger partial charge is 0.269 e. The normalized spacial score (nSPS) is 19.3. The number of anilines is 1. The predicted molar refractivity (Wildman–Crippen MR) is 132 cm³/mol. The molecule has 1 aliphatic heterocycles. The highest BCUT2D eigenvalue weighted by Gasteiger charge is 2.47.